The molecule has 23 heavy (non-hydrogen) atoms. The summed E-state index contributed by atoms with van der Waals surface area (Å²) in [6.45, 7) is 5.44. The standard InChI is InChI=1S/C15H24N4O3S/c1-13(15-11-16-4-5-17-15)18-6-2-3-14(12-18)23(20,21)19-7-9-22-10-8-19/h4-5,11,13-14H,2-3,6-10,12H2,1H3/t13-,14+/m0/s1. The molecule has 2 fully saturated rings. The molecule has 128 valence electrons. The maximum absolute atomic E-state index is 12.9. The molecule has 3 heterocycles. The maximum Gasteiger partial charge on any atom is 0.218 e. The van der Waals surface area contributed by atoms with E-state index in [0.29, 0.717) is 32.8 Å². The predicted octanol–water partition coefficient (Wildman–Crippen LogP) is 0.664. The van der Waals surface area contributed by atoms with Gasteiger partial charge in [-0.2, -0.15) is 4.31 Å². The molecule has 0 radical (unpaired) electrons. The summed E-state index contributed by atoms with van der Waals surface area (Å²) in [5.41, 5.74) is 0.886. The Hall–Kier alpha value is -1.09. The van der Waals surface area contributed by atoms with Crippen molar-refractivity contribution >= 4 is 10.0 Å². The fourth-order valence-corrected chi connectivity index (χ4v) is 5.21. The molecule has 0 saturated carbocycles. The third-order valence-corrected chi connectivity index (χ3v) is 7.03. The van der Waals surface area contributed by atoms with Gasteiger partial charge in [0.1, 0.15) is 0 Å². The number of sulfonamides is 1. The van der Waals surface area contributed by atoms with Crippen molar-refractivity contribution in [3.05, 3.63) is 24.3 Å². The van der Waals surface area contributed by atoms with Gasteiger partial charge in [0.2, 0.25) is 10.0 Å². The predicted molar refractivity (Wildman–Crippen MR) is 86.4 cm³/mol. The highest BCUT2D eigenvalue weighted by atomic mass is 32.2. The largest absolute Gasteiger partial charge is 0.379 e. The van der Waals surface area contributed by atoms with Gasteiger partial charge in [0.15, 0.2) is 0 Å². The van der Waals surface area contributed by atoms with Gasteiger partial charge >= 0.3 is 0 Å². The Morgan fingerprint density at radius 1 is 1.26 bits per heavy atom. The number of rotatable bonds is 4. The molecule has 0 amide bonds. The van der Waals surface area contributed by atoms with Crippen LogP contribution in [-0.2, 0) is 14.8 Å². The van der Waals surface area contributed by atoms with Crippen molar-refractivity contribution in [3.8, 4) is 0 Å². The second kappa shape index (κ2) is 7.21. The SMILES string of the molecule is C[C@@H](c1cnccn1)N1CCC[C@@H](S(=O)(=O)N2CCOCC2)C1. The van der Waals surface area contributed by atoms with Crippen LogP contribution in [0.3, 0.4) is 0 Å². The number of hydrogen-bond acceptors (Lipinski definition) is 6. The van der Waals surface area contributed by atoms with Crippen molar-refractivity contribution in [1.82, 2.24) is 19.2 Å². The van der Waals surface area contributed by atoms with Gasteiger partial charge in [-0.25, -0.2) is 8.42 Å². The third kappa shape index (κ3) is 3.71. The van der Waals surface area contributed by atoms with Crippen LogP contribution in [0.25, 0.3) is 0 Å². The summed E-state index contributed by atoms with van der Waals surface area (Å²) in [6.07, 6.45) is 6.70. The Balaban J connectivity index is 1.70. The molecule has 1 aromatic rings. The van der Waals surface area contributed by atoms with Crippen LogP contribution in [0, 0.1) is 0 Å². The molecule has 2 aliphatic heterocycles. The lowest BCUT2D eigenvalue weighted by molar-refractivity contribution is 0.0716. The molecule has 1 aromatic heterocycles. The van der Waals surface area contributed by atoms with Gasteiger partial charge in [-0.3, -0.25) is 14.9 Å². The molecule has 0 unspecified atom stereocenters. The third-order valence-electron chi connectivity index (χ3n) is 4.72. The van der Waals surface area contributed by atoms with Crippen LogP contribution in [0.2, 0.25) is 0 Å². The van der Waals surface area contributed by atoms with Gasteiger partial charge in [0.25, 0.3) is 0 Å². The van der Waals surface area contributed by atoms with Crippen LogP contribution in [0.1, 0.15) is 31.5 Å². The average Bonchev–Trinajstić information content (AvgIpc) is 2.62. The molecule has 0 aliphatic carbocycles. The number of hydrogen-bond donors (Lipinski definition) is 0. The molecule has 0 aromatic carbocycles. The zero-order chi connectivity index (χ0) is 16.3. The molecule has 0 spiro atoms. The van der Waals surface area contributed by atoms with E-state index in [-0.39, 0.29) is 11.3 Å². The van der Waals surface area contributed by atoms with Crippen molar-refractivity contribution in [3.63, 3.8) is 0 Å². The summed E-state index contributed by atoms with van der Waals surface area (Å²) < 4.78 is 32.6. The Bertz CT molecular complexity index is 604. The summed E-state index contributed by atoms with van der Waals surface area (Å²) in [5, 5.41) is -0.339. The number of morpholine rings is 1. The number of aromatic nitrogens is 2. The minimum absolute atomic E-state index is 0.0754. The highest BCUT2D eigenvalue weighted by Crippen LogP contribution is 2.27. The van der Waals surface area contributed by atoms with Crippen LogP contribution in [0.5, 0.6) is 0 Å². The smallest absolute Gasteiger partial charge is 0.218 e. The van der Waals surface area contributed by atoms with E-state index in [2.05, 4.69) is 21.8 Å². The topological polar surface area (TPSA) is 75.6 Å². The molecule has 8 heteroatoms. The first kappa shape index (κ1) is 16.8. The highest BCUT2D eigenvalue weighted by Gasteiger charge is 2.37. The van der Waals surface area contributed by atoms with Gasteiger partial charge in [-0.05, 0) is 26.3 Å². The summed E-state index contributed by atoms with van der Waals surface area (Å²) in [4.78, 5) is 10.7. The van der Waals surface area contributed by atoms with Crippen molar-refractivity contribution in [2.24, 2.45) is 0 Å². The van der Waals surface area contributed by atoms with E-state index in [1.807, 2.05) is 0 Å². The zero-order valence-electron chi connectivity index (χ0n) is 13.5. The van der Waals surface area contributed by atoms with E-state index in [9.17, 15) is 8.42 Å². The molecule has 0 bridgehead atoms. The molecule has 2 saturated heterocycles. The van der Waals surface area contributed by atoms with Crippen molar-refractivity contribution < 1.29 is 13.2 Å². The van der Waals surface area contributed by atoms with Crippen molar-refractivity contribution in [2.75, 3.05) is 39.4 Å². The molecular weight excluding hydrogens is 316 g/mol. The molecule has 3 rings (SSSR count). The van der Waals surface area contributed by atoms with E-state index >= 15 is 0 Å². The molecule has 2 atom stereocenters. The fourth-order valence-electron chi connectivity index (χ4n) is 3.29. The van der Waals surface area contributed by atoms with Crippen molar-refractivity contribution in [2.45, 2.75) is 31.1 Å². The van der Waals surface area contributed by atoms with Gasteiger partial charge in [-0.15, -0.1) is 0 Å². The molecule has 0 N–H and O–H groups in total. The normalized spacial score (nSPS) is 26.0. The molecular formula is C15H24N4O3S. The minimum atomic E-state index is -3.26. The van der Waals surface area contributed by atoms with Crippen LogP contribution in [0.4, 0.5) is 0 Å². The first-order chi connectivity index (χ1) is 11.1. The number of piperidine rings is 1. The summed E-state index contributed by atoms with van der Waals surface area (Å²) in [7, 11) is -3.26. The zero-order valence-corrected chi connectivity index (χ0v) is 14.3. The van der Waals surface area contributed by atoms with Gasteiger partial charge < -0.3 is 4.74 Å². The Morgan fingerprint density at radius 3 is 2.74 bits per heavy atom. The highest BCUT2D eigenvalue weighted by molar-refractivity contribution is 7.89. The van der Waals surface area contributed by atoms with Gasteiger partial charge in [0, 0.05) is 38.2 Å². The van der Waals surface area contributed by atoms with Crippen LogP contribution in [0.15, 0.2) is 18.6 Å². The van der Waals surface area contributed by atoms with E-state index in [4.69, 9.17) is 4.74 Å². The maximum atomic E-state index is 12.9. The van der Waals surface area contributed by atoms with Crippen LogP contribution < -0.4 is 0 Å². The summed E-state index contributed by atoms with van der Waals surface area (Å²) in [5.74, 6) is 0. The van der Waals surface area contributed by atoms with Crippen LogP contribution in [-0.4, -0.2) is 72.2 Å². The van der Waals surface area contributed by atoms with Crippen LogP contribution >= 0.6 is 0 Å². The van der Waals surface area contributed by atoms with E-state index in [0.717, 1.165) is 25.1 Å². The lowest BCUT2D eigenvalue weighted by atomic mass is 10.1. The number of ether oxygens (including phenoxy) is 1. The monoisotopic (exact) mass is 340 g/mol. The van der Waals surface area contributed by atoms with E-state index < -0.39 is 10.0 Å². The second-order valence-corrected chi connectivity index (χ2v) is 8.33. The number of nitrogens with zero attached hydrogens (tertiary/aromatic N) is 4. The summed E-state index contributed by atoms with van der Waals surface area (Å²) >= 11 is 0. The van der Waals surface area contributed by atoms with Gasteiger partial charge in [-0.1, -0.05) is 0 Å². The lowest BCUT2D eigenvalue weighted by Crippen LogP contribution is -2.51. The van der Waals surface area contributed by atoms with Crippen molar-refractivity contribution in [1.29, 1.82) is 0 Å². The van der Waals surface area contributed by atoms with Gasteiger partial charge in [0.05, 0.1) is 30.2 Å². The summed E-state index contributed by atoms with van der Waals surface area (Å²) in [6, 6.07) is 0.0754. The Morgan fingerprint density at radius 2 is 2.04 bits per heavy atom. The van der Waals surface area contributed by atoms with E-state index in [1.54, 1.807) is 22.9 Å². The molecule has 2 aliphatic rings. The first-order valence-electron chi connectivity index (χ1n) is 8.15. The average molecular weight is 340 g/mol. The minimum Gasteiger partial charge on any atom is -0.379 e. The molecule has 7 nitrogen and oxygen atoms in total. The lowest BCUT2D eigenvalue weighted by Gasteiger charge is -2.38. The second-order valence-electron chi connectivity index (χ2n) is 6.12. The van der Waals surface area contributed by atoms with E-state index in [1.165, 1.54) is 0 Å². The quantitative estimate of drug-likeness (QED) is 0.802. The Kier molecular flexibility index (Phi) is 5.25. The number of likely N-dealkylation sites (tertiary alicyclic amines) is 1. The first-order valence-corrected chi connectivity index (χ1v) is 9.66. The fraction of sp³-hybridized carbons (Fsp3) is 0.733. The Labute approximate surface area is 137 Å².